The van der Waals surface area contributed by atoms with Gasteiger partial charge in [-0.2, -0.15) is 5.10 Å². The molecule has 0 atom stereocenters. The fourth-order valence-electron chi connectivity index (χ4n) is 3.76. The predicted octanol–water partition coefficient (Wildman–Crippen LogP) is 5.44. The summed E-state index contributed by atoms with van der Waals surface area (Å²) in [4.78, 5) is 13.1. The predicted molar refractivity (Wildman–Crippen MR) is 126 cm³/mol. The summed E-state index contributed by atoms with van der Waals surface area (Å²) in [5.74, 6) is 0.418. The molecule has 0 aliphatic rings. The summed E-state index contributed by atoms with van der Waals surface area (Å²) in [6.07, 6.45) is 2.75. The number of amides is 1. The number of rotatable bonds is 7. The Balaban J connectivity index is 1.33. The third kappa shape index (κ3) is 4.29. The monoisotopic (exact) mass is 426 g/mol. The van der Waals surface area contributed by atoms with Crippen LogP contribution in [0.5, 0.6) is 0 Å². The number of fused-ring (bicyclic) bond motifs is 1. The van der Waals surface area contributed by atoms with E-state index < -0.39 is 0 Å². The lowest BCUT2D eigenvalue weighted by atomic mass is 10.1. The van der Waals surface area contributed by atoms with E-state index in [4.69, 9.17) is 0 Å². The van der Waals surface area contributed by atoms with Crippen molar-refractivity contribution in [3.63, 3.8) is 0 Å². The Labute approximate surface area is 184 Å². The van der Waals surface area contributed by atoms with Gasteiger partial charge in [0.05, 0.1) is 16.8 Å². The molecule has 6 heteroatoms. The van der Waals surface area contributed by atoms with Crippen molar-refractivity contribution >= 4 is 33.3 Å². The Morgan fingerprint density at radius 2 is 1.68 bits per heavy atom. The average Bonchev–Trinajstić information content (AvgIpc) is 3.50. The van der Waals surface area contributed by atoms with Crippen molar-refractivity contribution in [2.75, 3.05) is 5.32 Å². The van der Waals surface area contributed by atoms with Crippen molar-refractivity contribution < 1.29 is 4.79 Å². The molecule has 0 saturated heterocycles. The highest BCUT2D eigenvalue weighted by Gasteiger charge is 2.17. The van der Waals surface area contributed by atoms with E-state index >= 15 is 0 Å². The maximum Gasteiger partial charge on any atom is 0.273 e. The molecular weight excluding hydrogens is 404 g/mol. The first-order valence-corrected chi connectivity index (χ1v) is 11.1. The second-order valence-corrected chi connectivity index (χ2v) is 8.37. The zero-order valence-electron chi connectivity index (χ0n) is 16.9. The topological polar surface area (TPSA) is 51.9 Å². The molecule has 154 valence electrons. The minimum atomic E-state index is -0.138. The summed E-state index contributed by atoms with van der Waals surface area (Å²) in [5, 5.41) is 9.55. The highest BCUT2D eigenvalue weighted by molar-refractivity contribution is 7.17. The lowest BCUT2D eigenvalue weighted by Gasteiger charge is -2.10. The molecule has 3 aromatic heterocycles. The van der Waals surface area contributed by atoms with Crippen LogP contribution in [0.1, 0.15) is 21.6 Å². The summed E-state index contributed by atoms with van der Waals surface area (Å²) in [6, 6.07) is 26.4. The van der Waals surface area contributed by atoms with Crippen LogP contribution in [0.3, 0.4) is 0 Å². The Hall–Kier alpha value is -3.64. The van der Waals surface area contributed by atoms with Crippen LogP contribution in [0, 0.1) is 0 Å². The van der Waals surface area contributed by atoms with Crippen LogP contribution >= 0.6 is 11.3 Å². The third-order valence-electron chi connectivity index (χ3n) is 5.29. The van der Waals surface area contributed by atoms with E-state index in [1.54, 1.807) is 11.3 Å². The summed E-state index contributed by atoms with van der Waals surface area (Å²) in [6.45, 7) is 1.41. The minimum absolute atomic E-state index is 0.138. The number of nitrogens with one attached hydrogen (secondary N) is 1. The van der Waals surface area contributed by atoms with Gasteiger partial charge in [-0.1, -0.05) is 60.7 Å². The van der Waals surface area contributed by atoms with E-state index in [1.165, 1.54) is 11.1 Å². The molecule has 1 N–H and O–H groups in total. The third-order valence-corrected chi connectivity index (χ3v) is 6.15. The molecule has 0 fully saturated rings. The number of benzene rings is 2. The molecule has 0 bridgehead atoms. The Kier molecular flexibility index (Phi) is 5.37. The quantitative estimate of drug-likeness (QED) is 0.377. The maximum absolute atomic E-state index is 13.1. The first kappa shape index (κ1) is 19.3. The van der Waals surface area contributed by atoms with Gasteiger partial charge in [0.25, 0.3) is 5.91 Å². The van der Waals surface area contributed by atoms with Gasteiger partial charge >= 0.3 is 0 Å². The summed E-state index contributed by atoms with van der Waals surface area (Å²) >= 11 is 1.65. The van der Waals surface area contributed by atoms with Gasteiger partial charge in [-0.25, -0.2) is 0 Å². The van der Waals surface area contributed by atoms with Gasteiger partial charge in [-0.15, -0.1) is 11.3 Å². The molecular formula is C25H22N4OS. The van der Waals surface area contributed by atoms with Crippen LogP contribution in [0.4, 0.5) is 5.82 Å². The molecule has 2 aromatic carbocycles. The molecule has 0 radical (unpaired) electrons. The molecule has 5 rings (SSSR count). The van der Waals surface area contributed by atoms with Gasteiger partial charge in [-0.05, 0) is 35.1 Å². The zero-order chi connectivity index (χ0) is 21.0. The lowest BCUT2D eigenvalue weighted by molar-refractivity contribution is 0.101. The summed E-state index contributed by atoms with van der Waals surface area (Å²) < 4.78 is 5.06. The summed E-state index contributed by atoms with van der Waals surface area (Å²) in [7, 11) is 0. The second kappa shape index (κ2) is 8.62. The van der Waals surface area contributed by atoms with Crippen LogP contribution in [-0.4, -0.2) is 20.3 Å². The average molecular weight is 427 g/mol. The van der Waals surface area contributed by atoms with Gasteiger partial charge in [0.1, 0.15) is 5.69 Å². The van der Waals surface area contributed by atoms with Crippen molar-refractivity contribution in [1.82, 2.24) is 14.3 Å². The van der Waals surface area contributed by atoms with Crippen molar-refractivity contribution in [3.8, 4) is 0 Å². The smallest absolute Gasteiger partial charge is 0.273 e. The zero-order valence-corrected chi connectivity index (χ0v) is 17.8. The number of carbonyl (C=O) groups excluding carboxylic acids is 1. The van der Waals surface area contributed by atoms with Crippen LogP contribution in [-0.2, 0) is 19.5 Å². The molecule has 5 aromatic rings. The normalized spacial score (nSPS) is 11.1. The van der Waals surface area contributed by atoms with E-state index in [0.717, 1.165) is 23.2 Å². The standard InChI is InChI=1S/C25H22N4OS/c30-25(26-24-12-14-28(27-24)18-20-9-5-2-6-10-20)22-17-23-21(13-16-31-23)29(22)15-11-19-7-3-1-4-8-19/h1-10,12-14,16-17H,11,15,18H2,(H,26,27,30). The number of thiophene rings is 1. The number of anilines is 1. The van der Waals surface area contributed by atoms with Crippen LogP contribution in [0.15, 0.2) is 90.4 Å². The number of hydrogen-bond acceptors (Lipinski definition) is 3. The van der Waals surface area contributed by atoms with Gasteiger partial charge < -0.3 is 9.88 Å². The fourth-order valence-corrected chi connectivity index (χ4v) is 4.58. The lowest BCUT2D eigenvalue weighted by Crippen LogP contribution is -2.18. The molecule has 31 heavy (non-hydrogen) atoms. The Morgan fingerprint density at radius 3 is 2.45 bits per heavy atom. The number of aromatic nitrogens is 3. The number of aryl methyl sites for hydroxylation is 2. The number of carbonyl (C=O) groups is 1. The highest BCUT2D eigenvalue weighted by atomic mass is 32.1. The molecule has 3 heterocycles. The first-order valence-electron chi connectivity index (χ1n) is 10.3. The van der Waals surface area contributed by atoms with Crippen LogP contribution in [0.2, 0.25) is 0 Å². The van der Waals surface area contributed by atoms with E-state index in [-0.39, 0.29) is 5.91 Å². The summed E-state index contributed by atoms with van der Waals surface area (Å²) in [5.41, 5.74) is 4.18. The molecule has 5 nitrogen and oxygen atoms in total. The Bertz CT molecular complexity index is 1300. The van der Waals surface area contributed by atoms with E-state index in [2.05, 4.69) is 50.7 Å². The van der Waals surface area contributed by atoms with Gasteiger partial charge in [0.2, 0.25) is 0 Å². The number of nitrogens with zero attached hydrogens (tertiary/aromatic N) is 3. The fraction of sp³-hybridized carbons (Fsp3) is 0.120. The van der Waals surface area contributed by atoms with Gasteiger partial charge in [0, 0.05) is 18.8 Å². The van der Waals surface area contributed by atoms with Crippen molar-refractivity contribution in [3.05, 3.63) is 107 Å². The van der Waals surface area contributed by atoms with Crippen molar-refractivity contribution in [2.24, 2.45) is 0 Å². The van der Waals surface area contributed by atoms with Crippen molar-refractivity contribution in [2.45, 2.75) is 19.5 Å². The molecule has 1 amide bonds. The number of hydrogen-bond donors (Lipinski definition) is 1. The van der Waals surface area contributed by atoms with Gasteiger partial charge in [-0.3, -0.25) is 9.48 Å². The first-order chi connectivity index (χ1) is 15.3. The molecule has 0 aliphatic heterocycles. The maximum atomic E-state index is 13.1. The van der Waals surface area contributed by atoms with E-state index in [1.807, 2.05) is 59.4 Å². The molecule has 0 saturated carbocycles. The molecule has 0 unspecified atom stereocenters. The second-order valence-electron chi connectivity index (χ2n) is 7.43. The van der Waals surface area contributed by atoms with E-state index in [9.17, 15) is 4.79 Å². The highest BCUT2D eigenvalue weighted by Crippen LogP contribution is 2.26. The van der Waals surface area contributed by atoms with Crippen LogP contribution in [0.25, 0.3) is 10.2 Å². The van der Waals surface area contributed by atoms with Crippen molar-refractivity contribution in [1.29, 1.82) is 0 Å². The molecule has 0 aliphatic carbocycles. The van der Waals surface area contributed by atoms with E-state index in [0.29, 0.717) is 18.1 Å². The largest absolute Gasteiger partial charge is 0.335 e. The Morgan fingerprint density at radius 1 is 0.935 bits per heavy atom. The molecule has 0 spiro atoms. The van der Waals surface area contributed by atoms with Crippen LogP contribution < -0.4 is 5.32 Å². The minimum Gasteiger partial charge on any atom is -0.335 e. The van der Waals surface area contributed by atoms with Gasteiger partial charge in [0.15, 0.2) is 5.82 Å². The SMILES string of the molecule is O=C(Nc1ccn(Cc2ccccc2)n1)c1cc2sccc2n1CCc1ccccc1.